The fourth-order valence-corrected chi connectivity index (χ4v) is 1.78. The first-order valence-electron chi connectivity index (χ1n) is 6.19. The molecule has 0 spiro atoms. The van der Waals surface area contributed by atoms with Crippen molar-refractivity contribution in [3.63, 3.8) is 0 Å². The molecule has 0 saturated carbocycles. The zero-order valence-electron chi connectivity index (χ0n) is 10.6. The van der Waals surface area contributed by atoms with Crippen molar-refractivity contribution in [1.82, 2.24) is 0 Å². The molecule has 0 bridgehead atoms. The number of aryl methyl sites for hydroxylation is 1. The predicted molar refractivity (Wildman–Crippen MR) is 73.3 cm³/mol. The first-order chi connectivity index (χ1) is 8.88. The van der Waals surface area contributed by atoms with Crippen LogP contribution in [0.5, 0.6) is 11.5 Å². The number of methoxy groups -OCH3 is 1. The molecule has 0 N–H and O–H groups in total. The van der Waals surface area contributed by atoms with Crippen molar-refractivity contribution in [3.05, 3.63) is 60.2 Å². The molecule has 0 fully saturated rings. The Hall–Kier alpha value is -1.96. The molecule has 0 saturated heterocycles. The van der Waals surface area contributed by atoms with Gasteiger partial charge >= 0.3 is 0 Å². The van der Waals surface area contributed by atoms with Gasteiger partial charge in [-0.05, 0) is 42.7 Å². The summed E-state index contributed by atoms with van der Waals surface area (Å²) in [6.45, 7) is 0.746. The fourth-order valence-electron chi connectivity index (χ4n) is 1.78. The van der Waals surface area contributed by atoms with Gasteiger partial charge in [0, 0.05) is 0 Å². The summed E-state index contributed by atoms with van der Waals surface area (Å²) in [4.78, 5) is 0. The van der Waals surface area contributed by atoms with Crippen LogP contribution >= 0.6 is 0 Å². The molecule has 0 heterocycles. The highest BCUT2D eigenvalue weighted by atomic mass is 16.5. The van der Waals surface area contributed by atoms with Crippen molar-refractivity contribution >= 4 is 0 Å². The summed E-state index contributed by atoms with van der Waals surface area (Å²) in [5.74, 6) is 1.84. The second-order valence-electron chi connectivity index (χ2n) is 4.11. The maximum absolute atomic E-state index is 5.65. The summed E-state index contributed by atoms with van der Waals surface area (Å²) in [6.07, 6.45) is 2.04. The summed E-state index contributed by atoms with van der Waals surface area (Å²) in [5.41, 5.74) is 1.31. The van der Waals surface area contributed by atoms with Gasteiger partial charge < -0.3 is 9.47 Å². The molecule has 2 heteroatoms. The molecule has 0 aliphatic rings. The molecule has 2 nitrogen and oxygen atoms in total. The highest BCUT2D eigenvalue weighted by molar-refractivity contribution is 5.27. The second-order valence-corrected chi connectivity index (χ2v) is 4.11. The van der Waals surface area contributed by atoms with Crippen molar-refractivity contribution in [2.75, 3.05) is 13.7 Å². The van der Waals surface area contributed by atoms with Crippen molar-refractivity contribution < 1.29 is 9.47 Å². The molecule has 18 heavy (non-hydrogen) atoms. The largest absolute Gasteiger partial charge is 0.497 e. The Labute approximate surface area is 108 Å². The van der Waals surface area contributed by atoms with E-state index in [0.29, 0.717) is 0 Å². The normalized spacial score (nSPS) is 10.1. The van der Waals surface area contributed by atoms with Crippen LogP contribution in [-0.4, -0.2) is 13.7 Å². The summed E-state index contributed by atoms with van der Waals surface area (Å²) in [7, 11) is 1.68. The van der Waals surface area contributed by atoms with E-state index in [0.717, 1.165) is 30.9 Å². The van der Waals surface area contributed by atoms with Gasteiger partial charge in [-0.1, -0.05) is 30.3 Å². The topological polar surface area (TPSA) is 18.5 Å². The first-order valence-corrected chi connectivity index (χ1v) is 6.19. The number of ether oxygens (including phenoxy) is 2. The van der Waals surface area contributed by atoms with E-state index in [4.69, 9.17) is 9.47 Å². The van der Waals surface area contributed by atoms with E-state index < -0.39 is 0 Å². The number of rotatable bonds is 6. The minimum atomic E-state index is 0.746. The van der Waals surface area contributed by atoms with Crippen molar-refractivity contribution in [2.24, 2.45) is 0 Å². The van der Waals surface area contributed by atoms with Gasteiger partial charge in [0.15, 0.2) is 0 Å². The molecule has 0 aromatic heterocycles. The summed E-state index contributed by atoms with van der Waals surface area (Å²) >= 11 is 0. The van der Waals surface area contributed by atoms with Crippen LogP contribution < -0.4 is 9.47 Å². The average molecular weight is 242 g/mol. The minimum absolute atomic E-state index is 0.746. The molecular weight excluding hydrogens is 224 g/mol. The van der Waals surface area contributed by atoms with E-state index in [2.05, 4.69) is 12.1 Å². The van der Waals surface area contributed by atoms with Crippen LogP contribution in [0.1, 0.15) is 12.0 Å². The molecule has 2 aromatic rings. The SMILES string of the molecule is COc1ccc(CCCOc2ccccc2)cc1. The Kier molecular flexibility index (Phi) is 4.65. The number of hydrogen-bond acceptors (Lipinski definition) is 2. The number of hydrogen-bond donors (Lipinski definition) is 0. The third-order valence-corrected chi connectivity index (χ3v) is 2.78. The monoisotopic (exact) mass is 242 g/mol. The molecule has 94 valence electrons. The van der Waals surface area contributed by atoms with Gasteiger partial charge in [-0.2, -0.15) is 0 Å². The van der Waals surface area contributed by atoms with Crippen LogP contribution in [0.3, 0.4) is 0 Å². The minimum Gasteiger partial charge on any atom is -0.497 e. The average Bonchev–Trinajstić information content (AvgIpc) is 2.45. The lowest BCUT2D eigenvalue weighted by Crippen LogP contribution is -1.99. The van der Waals surface area contributed by atoms with Crippen molar-refractivity contribution in [1.29, 1.82) is 0 Å². The van der Waals surface area contributed by atoms with Crippen LogP contribution in [0.25, 0.3) is 0 Å². The zero-order chi connectivity index (χ0) is 12.6. The van der Waals surface area contributed by atoms with Crippen LogP contribution in [0.4, 0.5) is 0 Å². The van der Waals surface area contributed by atoms with Crippen LogP contribution in [0.15, 0.2) is 54.6 Å². The molecule has 2 rings (SSSR count). The Morgan fingerprint density at radius 3 is 2.22 bits per heavy atom. The maximum Gasteiger partial charge on any atom is 0.119 e. The molecule has 0 radical (unpaired) electrons. The Morgan fingerprint density at radius 1 is 0.833 bits per heavy atom. The third kappa shape index (κ3) is 3.81. The lowest BCUT2D eigenvalue weighted by atomic mass is 10.1. The standard InChI is InChI=1S/C16H18O2/c1-17-15-11-9-14(10-12-15)6-5-13-18-16-7-3-2-4-8-16/h2-4,7-12H,5-6,13H2,1H3. The van der Waals surface area contributed by atoms with E-state index in [-0.39, 0.29) is 0 Å². The van der Waals surface area contributed by atoms with Gasteiger partial charge in [-0.3, -0.25) is 0 Å². The number of para-hydroxylation sites is 1. The van der Waals surface area contributed by atoms with Gasteiger partial charge in [0.25, 0.3) is 0 Å². The molecule has 0 aliphatic carbocycles. The highest BCUT2D eigenvalue weighted by Crippen LogP contribution is 2.13. The molecule has 0 amide bonds. The van der Waals surface area contributed by atoms with E-state index in [9.17, 15) is 0 Å². The van der Waals surface area contributed by atoms with E-state index in [1.807, 2.05) is 42.5 Å². The Balaban J connectivity index is 1.72. The molecule has 0 atom stereocenters. The van der Waals surface area contributed by atoms with Gasteiger partial charge in [-0.25, -0.2) is 0 Å². The summed E-state index contributed by atoms with van der Waals surface area (Å²) < 4.78 is 10.8. The molecule has 2 aromatic carbocycles. The first kappa shape index (κ1) is 12.5. The molecule has 0 aliphatic heterocycles. The van der Waals surface area contributed by atoms with Gasteiger partial charge in [0.1, 0.15) is 11.5 Å². The van der Waals surface area contributed by atoms with Gasteiger partial charge in [0.2, 0.25) is 0 Å². The lowest BCUT2D eigenvalue weighted by molar-refractivity contribution is 0.311. The van der Waals surface area contributed by atoms with E-state index in [1.54, 1.807) is 7.11 Å². The van der Waals surface area contributed by atoms with E-state index in [1.165, 1.54) is 5.56 Å². The quantitative estimate of drug-likeness (QED) is 0.719. The lowest BCUT2D eigenvalue weighted by Gasteiger charge is -2.06. The predicted octanol–water partition coefficient (Wildman–Crippen LogP) is 3.71. The Bertz CT molecular complexity index is 448. The van der Waals surface area contributed by atoms with Crippen LogP contribution in [0.2, 0.25) is 0 Å². The van der Waals surface area contributed by atoms with Gasteiger partial charge in [0.05, 0.1) is 13.7 Å². The number of benzene rings is 2. The molecular formula is C16H18O2. The third-order valence-electron chi connectivity index (χ3n) is 2.78. The van der Waals surface area contributed by atoms with Crippen molar-refractivity contribution in [3.8, 4) is 11.5 Å². The smallest absolute Gasteiger partial charge is 0.119 e. The van der Waals surface area contributed by atoms with Crippen molar-refractivity contribution in [2.45, 2.75) is 12.8 Å². The summed E-state index contributed by atoms with van der Waals surface area (Å²) in [5, 5.41) is 0. The Morgan fingerprint density at radius 2 is 1.56 bits per heavy atom. The maximum atomic E-state index is 5.65. The van der Waals surface area contributed by atoms with E-state index >= 15 is 0 Å². The summed E-state index contributed by atoms with van der Waals surface area (Å²) in [6, 6.07) is 18.1. The van der Waals surface area contributed by atoms with Crippen LogP contribution in [0, 0.1) is 0 Å². The van der Waals surface area contributed by atoms with Gasteiger partial charge in [-0.15, -0.1) is 0 Å². The van der Waals surface area contributed by atoms with Crippen LogP contribution in [-0.2, 0) is 6.42 Å². The zero-order valence-corrected chi connectivity index (χ0v) is 10.6. The fraction of sp³-hybridized carbons (Fsp3) is 0.250. The highest BCUT2D eigenvalue weighted by Gasteiger charge is 1.96. The molecule has 0 unspecified atom stereocenters. The second kappa shape index (κ2) is 6.70.